The molecule has 8 heteroatoms. The average molecular weight is 273 g/mol. The Balaban J connectivity index is 2.76. The normalized spacial score (nSPS) is 12.2. The van der Waals surface area contributed by atoms with Crippen molar-refractivity contribution in [2.75, 3.05) is 17.8 Å². The van der Waals surface area contributed by atoms with Crippen molar-refractivity contribution in [3.05, 3.63) is 33.9 Å². The predicted molar refractivity (Wildman–Crippen MR) is 70.2 cm³/mol. The van der Waals surface area contributed by atoms with E-state index in [1.165, 1.54) is 17.8 Å². The fourth-order valence-corrected chi connectivity index (χ4v) is 2.34. The number of nitrogens with zero attached hydrogens (tertiary/aromatic N) is 1. The van der Waals surface area contributed by atoms with Crippen LogP contribution in [0.25, 0.3) is 0 Å². The molecule has 0 aliphatic heterocycles. The van der Waals surface area contributed by atoms with Gasteiger partial charge in [0, 0.05) is 17.6 Å². The summed E-state index contributed by atoms with van der Waals surface area (Å²) in [7, 11) is 0. The summed E-state index contributed by atoms with van der Waals surface area (Å²) < 4.78 is 0. The van der Waals surface area contributed by atoms with Crippen molar-refractivity contribution in [2.24, 2.45) is 5.84 Å². The van der Waals surface area contributed by atoms with Crippen molar-refractivity contribution in [1.82, 2.24) is 0 Å². The number of nitro benzene ring substituents is 1. The van der Waals surface area contributed by atoms with Crippen LogP contribution in [0.3, 0.4) is 0 Å². The SMILES string of the molecule is NNc1c(CSCC(O)CO)cccc1[N+](=O)[O-]. The van der Waals surface area contributed by atoms with E-state index in [4.69, 9.17) is 10.9 Å². The molecule has 0 heterocycles. The van der Waals surface area contributed by atoms with Crippen LogP contribution in [0.2, 0.25) is 0 Å². The highest BCUT2D eigenvalue weighted by atomic mass is 32.2. The zero-order valence-corrected chi connectivity index (χ0v) is 10.4. The van der Waals surface area contributed by atoms with Gasteiger partial charge in [-0.25, -0.2) is 0 Å². The van der Waals surface area contributed by atoms with Gasteiger partial charge in [-0.3, -0.25) is 16.0 Å². The van der Waals surface area contributed by atoms with E-state index >= 15 is 0 Å². The highest BCUT2D eigenvalue weighted by Crippen LogP contribution is 2.30. The number of benzene rings is 1. The smallest absolute Gasteiger partial charge is 0.293 e. The van der Waals surface area contributed by atoms with E-state index in [0.717, 1.165) is 0 Å². The Morgan fingerprint density at radius 1 is 1.56 bits per heavy atom. The molecule has 0 fully saturated rings. The van der Waals surface area contributed by atoms with Gasteiger partial charge in [-0.15, -0.1) is 0 Å². The number of anilines is 1. The Morgan fingerprint density at radius 2 is 2.28 bits per heavy atom. The molecule has 0 aliphatic rings. The summed E-state index contributed by atoms with van der Waals surface area (Å²) in [5, 5.41) is 28.6. The minimum atomic E-state index is -0.789. The van der Waals surface area contributed by atoms with Gasteiger partial charge in [0.1, 0.15) is 5.69 Å². The Kier molecular flexibility index (Phi) is 5.86. The Labute approximate surface area is 108 Å². The van der Waals surface area contributed by atoms with Gasteiger partial charge in [0.15, 0.2) is 0 Å². The van der Waals surface area contributed by atoms with Crippen LogP contribution < -0.4 is 11.3 Å². The summed E-state index contributed by atoms with van der Waals surface area (Å²) in [6, 6.07) is 4.67. The monoisotopic (exact) mass is 273 g/mol. The first kappa shape index (κ1) is 14.7. The van der Waals surface area contributed by atoms with E-state index in [-0.39, 0.29) is 18.0 Å². The molecule has 0 amide bonds. The lowest BCUT2D eigenvalue weighted by Gasteiger charge is -2.10. The maximum Gasteiger partial charge on any atom is 0.293 e. The molecule has 0 aliphatic carbocycles. The number of nitrogens with two attached hydrogens (primary N) is 1. The molecule has 1 aromatic rings. The molecular formula is C10H15N3O4S. The van der Waals surface area contributed by atoms with Crippen molar-refractivity contribution >= 4 is 23.1 Å². The molecule has 5 N–H and O–H groups in total. The lowest BCUT2D eigenvalue weighted by atomic mass is 10.2. The molecule has 0 radical (unpaired) electrons. The lowest BCUT2D eigenvalue weighted by Crippen LogP contribution is -2.15. The summed E-state index contributed by atoms with van der Waals surface area (Å²) >= 11 is 1.36. The quantitative estimate of drug-likeness (QED) is 0.323. The first-order chi connectivity index (χ1) is 8.60. The van der Waals surface area contributed by atoms with Gasteiger partial charge in [0.2, 0.25) is 0 Å². The maximum absolute atomic E-state index is 10.8. The number of aliphatic hydroxyl groups is 2. The van der Waals surface area contributed by atoms with Gasteiger partial charge in [-0.1, -0.05) is 12.1 Å². The molecule has 1 atom stereocenters. The van der Waals surface area contributed by atoms with Crippen LogP contribution >= 0.6 is 11.8 Å². The molecule has 18 heavy (non-hydrogen) atoms. The van der Waals surface area contributed by atoms with E-state index in [2.05, 4.69) is 5.43 Å². The number of hydrazine groups is 1. The molecular weight excluding hydrogens is 258 g/mol. The third-order valence-electron chi connectivity index (χ3n) is 2.25. The third kappa shape index (κ3) is 3.84. The van der Waals surface area contributed by atoms with Gasteiger partial charge < -0.3 is 15.6 Å². The number of thioether (sulfide) groups is 1. The first-order valence-corrected chi connectivity index (χ1v) is 6.35. The highest BCUT2D eigenvalue weighted by Gasteiger charge is 2.16. The standard InChI is InChI=1S/C10H15N3O4S/c11-12-10-7(5-18-6-8(15)4-14)2-1-3-9(10)13(16)17/h1-3,8,12,14-15H,4-6,11H2. The number of nitro groups is 1. The number of nitrogens with one attached hydrogen (secondary N) is 1. The van der Waals surface area contributed by atoms with Crippen molar-refractivity contribution in [3.8, 4) is 0 Å². The molecule has 100 valence electrons. The minimum Gasteiger partial charge on any atom is -0.394 e. The van der Waals surface area contributed by atoms with Gasteiger partial charge in [-0.05, 0) is 5.56 Å². The third-order valence-corrected chi connectivity index (χ3v) is 3.38. The second-order valence-electron chi connectivity index (χ2n) is 3.56. The van der Waals surface area contributed by atoms with E-state index in [9.17, 15) is 15.2 Å². The molecule has 0 spiro atoms. The number of hydrogen-bond donors (Lipinski definition) is 4. The topological polar surface area (TPSA) is 122 Å². The fraction of sp³-hybridized carbons (Fsp3) is 0.400. The predicted octanol–water partition coefficient (Wildman–Crippen LogP) is 0.467. The van der Waals surface area contributed by atoms with Crippen LogP contribution in [0, 0.1) is 10.1 Å². The van der Waals surface area contributed by atoms with E-state index in [1.807, 2.05) is 0 Å². The molecule has 0 saturated heterocycles. The van der Waals surface area contributed by atoms with E-state index in [1.54, 1.807) is 12.1 Å². The van der Waals surface area contributed by atoms with Gasteiger partial charge in [0.05, 0.1) is 17.6 Å². The zero-order chi connectivity index (χ0) is 13.5. The maximum atomic E-state index is 10.8. The van der Waals surface area contributed by atoms with Gasteiger partial charge in [-0.2, -0.15) is 11.8 Å². The second-order valence-corrected chi connectivity index (χ2v) is 4.59. The van der Waals surface area contributed by atoms with Gasteiger partial charge in [0.25, 0.3) is 5.69 Å². The number of hydrogen-bond acceptors (Lipinski definition) is 7. The molecule has 1 rings (SSSR count). The Morgan fingerprint density at radius 3 is 2.83 bits per heavy atom. The first-order valence-electron chi connectivity index (χ1n) is 5.19. The number of nitrogen functional groups attached to an aromatic ring is 1. The van der Waals surface area contributed by atoms with Crippen LogP contribution in [-0.2, 0) is 5.75 Å². The van der Waals surface area contributed by atoms with Crippen LogP contribution in [0.5, 0.6) is 0 Å². The number of rotatable bonds is 7. The van der Waals surface area contributed by atoms with Crippen molar-refractivity contribution in [1.29, 1.82) is 0 Å². The van der Waals surface area contributed by atoms with Crippen LogP contribution in [0.4, 0.5) is 11.4 Å². The van der Waals surface area contributed by atoms with Crippen molar-refractivity contribution in [3.63, 3.8) is 0 Å². The molecule has 0 bridgehead atoms. The largest absolute Gasteiger partial charge is 0.394 e. The van der Waals surface area contributed by atoms with Crippen LogP contribution in [-0.4, -0.2) is 33.6 Å². The minimum absolute atomic E-state index is 0.0849. The molecule has 1 aromatic carbocycles. The molecule has 0 aromatic heterocycles. The highest BCUT2D eigenvalue weighted by molar-refractivity contribution is 7.98. The lowest BCUT2D eigenvalue weighted by molar-refractivity contribution is -0.384. The average Bonchev–Trinajstić information content (AvgIpc) is 2.37. The number of aliphatic hydroxyl groups excluding tert-OH is 2. The molecule has 1 unspecified atom stereocenters. The van der Waals surface area contributed by atoms with Crippen molar-refractivity contribution in [2.45, 2.75) is 11.9 Å². The van der Waals surface area contributed by atoms with Crippen LogP contribution in [0.1, 0.15) is 5.56 Å². The summed E-state index contributed by atoms with van der Waals surface area (Å²) in [5.74, 6) is 6.10. The summed E-state index contributed by atoms with van der Waals surface area (Å²) in [4.78, 5) is 10.3. The Hall–Kier alpha value is -1.35. The summed E-state index contributed by atoms with van der Waals surface area (Å²) in [6.07, 6.45) is -0.789. The fourth-order valence-electron chi connectivity index (χ4n) is 1.38. The summed E-state index contributed by atoms with van der Waals surface area (Å²) in [5.41, 5.74) is 3.20. The van der Waals surface area contributed by atoms with Crippen molar-refractivity contribution < 1.29 is 15.1 Å². The molecule has 7 nitrogen and oxygen atoms in total. The Bertz CT molecular complexity index is 416. The molecule has 0 saturated carbocycles. The van der Waals surface area contributed by atoms with Crippen LogP contribution in [0.15, 0.2) is 18.2 Å². The van der Waals surface area contributed by atoms with E-state index < -0.39 is 11.0 Å². The van der Waals surface area contributed by atoms with Gasteiger partial charge >= 0.3 is 0 Å². The summed E-state index contributed by atoms with van der Waals surface area (Å²) in [6.45, 7) is -0.302. The van der Waals surface area contributed by atoms with E-state index in [0.29, 0.717) is 17.1 Å². The number of para-hydroxylation sites is 1. The zero-order valence-electron chi connectivity index (χ0n) is 9.57. The second kappa shape index (κ2) is 7.17.